The lowest BCUT2D eigenvalue weighted by Crippen LogP contribution is -2.09. The van der Waals surface area contributed by atoms with Crippen molar-refractivity contribution in [2.75, 3.05) is 0 Å². The quantitative estimate of drug-likeness (QED) is 0.801. The third-order valence-electron chi connectivity index (χ3n) is 3.37. The van der Waals surface area contributed by atoms with Crippen LogP contribution in [-0.2, 0) is 13.6 Å². The van der Waals surface area contributed by atoms with Crippen LogP contribution in [0.5, 0.6) is 0 Å². The Labute approximate surface area is 123 Å². The Hall–Kier alpha value is -2.08. The van der Waals surface area contributed by atoms with Crippen molar-refractivity contribution < 1.29 is 9.90 Å². The highest BCUT2D eigenvalue weighted by atomic mass is 79.9. The SMILES string of the molecule is Cn1ncc(C(=O)O)c1Cn1ccc2c(Br)cccc21. The maximum Gasteiger partial charge on any atom is 0.339 e. The van der Waals surface area contributed by atoms with Gasteiger partial charge in [0.2, 0.25) is 0 Å². The van der Waals surface area contributed by atoms with Gasteiger partial charge in [0, 0.05) is 28.6 Å². The Morgan fingerprint density at radius 3 is 2.95 bits per heavy atom. The summed E-state index contributed by atoms with van der Waals surface area (Å²) in [7, 11) is 1.75. The topological polar surface area (TPSA) is 60.1 Å². The number of rotatable bonds is 3. The van der Waals surface area contributed by atoms with Crippen LogP contribution in [0.4, 0.5) is 0 Å². The number of hydrogen-bond donors (Lipinski definition) is 1. The average molecular weight is 334 g/mol. The van der Waals surface area contributed by atoms with Gasteiger partial charge in [0.05, 0.1) is 18.4 Å². The van der Waals surface area contributed by atoms with Gasteiger partial charge in [0.25, 0.3) is 0 Å². The molecule has 0 fully saturated rings. The molecule has 1 aromatic carbocycles. The number of benzene rings is 1. The number of hydrogen-bond acceptors (Lipinski definition) is 2. The fourth-order valence-electron chi connectivity index (χ4n) is 2.31. The Morgan fingerprint density at radius 1 is 1.40 bits per heavy atom. The van der Waals surface area contributed by atoms with Crippen LogP contribution < -0.4 is 0 Å². The normalized spacial score (nSPS) is 11.1. The molecule has 3 rings (SSSR count). The summed E-state index contributed by atoms with van der Waals surface area (Å²) in [6, 6.07) is 7.97. The van der Waals surface area contributed by atoms with Gasteiger partial charge >= 0.3 is 5.97 Å². The standard InChI is InChI=1S/C14H12BrN3O2/c1-17-13(10(7-16-17)14(19)20)8-18-6-5-9-11(15)3-2-4-12(9)18/h2-7H,8H2,1H3,(H,19,20). The fraction of sp³-hybridized carbons (Fsp3) is 0.143. The van der Waals surface area contributed by atoms with Gasteiger partial charge in [-0.25, -0.2) is 4.79 Å². The maximum absolute atomic E-state index is 11.2. The lowest BCUT2D eigenvalue weighted by molar-refractivity contribution is 0.0695. The van der Waals surface area contributed by atoms with Gasteiger partial charge < -0.3 is 9.67 Å². The third kappa shape index (κ3) is 2.02. The molecule has 0 amide bonds. The number of fused-ring (bicyclic) bond motifs is 1. The summed E-state index contributed by atoms with van der Waals surface area (Å²) in [4.78, 5) is 11.2. The van der Waals surface area contributed by atoms with E-state index < -0.39 is 5.97 Å². The highest BCUT2D eigenvalue weighted by Crippen LogP contribution is 2.25. The number of carbonyl (C=O) groups is 1. The molecule has 0 saturated heterocycles. The van der Waals surface area contributed by atoms with E-state index in [0.29, 0.717) is 12.2 Å². The zero-order valence-corrected chi connectivity index (χ0v) is 12.3. The molecule has 0 spiro atoms. The van der Waals surface area contributed by atoms with Gasteiger partial charge in [-0.15, -0.1) is 0 Å². The van der Waals surface area contributed by atoms with E-state index in [9.17, 15) is 9.90 Å². The van der Waals surface area contributed by atoms with E-state index in [2.05, 4.69) is 21.0 Å². The van der Waals surface area contributed by atoms with Crippen molar-refractivity contribution in [3.05, 3.63) is 52.4 Å². The summed E-state index contributed by atoms with van der Waals surface area (Å²) in [6.07, 6.45) is 3.34. The molecule has 1 N–H and O–H groups in total. The molecule has 2 aromatic heterocycles. The molecule has 20 heavy (non-hydrogen) atoms. The highest BCUT2D eigenvalue weighted by Gasteiger charge is 2.16. The first kappa shape index (κ1) is 12.9. The van der Waals surface area contributed by atoms with E-state index in [1.807, 2.05) is 35.0 Å². The van der Waals surface area contributed by atoms with Gasteiger partial charge in [-0.05, 0) is 18.2 Å². The minimum Gasteiger partial charge on any atom is -0.478 e. The van der Waals surface area contributed by atoms with Crippen LogP contribution in [0.15, 0.2) is 41.1 Å². The van der Waals surface area contributed by atoms with Gasteiger partial charge in [-0.1, -0.05) is 22.0 Å². The van der Waals surface area contributed by atoms with Crippen LogP contribution in [0.25, 0.3) is 10.9 Å². The van der Waals surface area contributed by atoms with Crippen LogP contribution >= 0.6 is 15.9 Å². The second-order valence-corrected chi connectivity index (χ2v) is 5.40. The highest BCUT2D eigenvalue weighted by molar-refractivity contribution is 9.10. The molecule has 6 heteroatoms. The summed E-state index contributed by atoms with van der Waals surface area (Å²) >= 11 is 3.52. The van der Waals surface area contributed by atoms with Crippen molar-refractivity contribution in [3.8, 4) is 0 Å². The number of aromatic carboxylic acids is 1. The summed E-state index contributed by atoms with van der Waals surface area (Å²) in [6.45, 7) is 0.470. The number of carboxylic acids is 1. The van der Waals surface area contributed by atoms with E-state index in [1.165, 1.54) is 6.20 Å². The second kappa shape index (κ2) is 4.79. The van der Waals surface area contributed by atoms with Crippen molar-refractivity contribution in [2.45, 2.75) is 6.54 Å². The summed E-state index contributed by atoms with van der Waals surface area (Å²) in [5.41, 5.74) is 1.97. The van der Waals surface area contributed by atoms with Crippen molar-refractivity contribution in [2.24, 2.45) is 7.05 Å². The van der Waals surface area contributed by atoms with E-state index in [0.717, 1.165) is 15.4 Å². The molecule has 0 aliphatic heterocycles. The molecule has 0 aliphatic carbocycles. The first-order chi connectivity index (χ1) is 9.58. The summed E-state index contributed by atoms with van der Waals surface area (Å²) in [5.74, 6) is -0.953. The van der Waals surface area contributed by atoms with Crippen LogP contribution in [0.3, 0.4) is 0 Å². The number of halogens is 1. The Kier molecular flexibility index (Phi) is 3.10. The minimum absolute atomic E-state index is 0.240. The zero-order chi connectivity index (χ0) is 14.3. The summed E-state index contributed by atoms with van der Waals surface area (Å²) < 4.78 is 4.65. The Bertz CT molecular complexity index is 804. The van der Waals surface area contributed by atoms with Gasteiger partial charge in [0.15, 0.2) is 0 Å². The fourth-order valence-corrected chi connectivity index (χ4v) is 2.80. The smallest absolute Gasteiger partial charge is 0.339 e. The van der Waals surface area contributed by atoms with E-state index in [4.69, 9.17) is 0 Å². The lowest BCUT2D eigenvalue weighted by Gasteiger charge is -2.07. The largest absolute Gasteiger partial charge is 0.478 e. The van der Waals surface area contributed by atoms with Crippen LogP contribution in [0.1, 0.15) is 16.1 Å². The van der Waals surface area contributed by atoms with Crippen LogP contribution in [0.2, 0.25) is 0 Å². The van der Waals surface area contributed by atoms with Gasteiger partial charge in [-0.2, -0.15) is 5.10 Å². The molecular formula is C14H12BrN3O2. The monoisotopic (exact) mass is 333 g/mol. The van der Waals surface area contributed by atoms with Crippen molar-refractivity contribution in [3.63, 3.8) is 0 Å². The minimum atomic E-state index is -0.953. The molecule has 0 aliphatic rings. The molecule has 0 saturated carbocycles. The third-order valence-corrected chi connectivity index (χ3v) is 4.06. The van der Waals surface area contributed by atoms with E-state index >= 15 is 0 Å². The van der Waals surface area contributed by atoms with Crippen LogP contribution in [-0.4, -0.2) is 25.4 Å². The number of aromatic nitrogens is 3. The predicted molar refractivity (Wildman–Crippen MR) is 78.9 cm³/mol. The lowest BCUT2D eigenvalue weighted by atomic mass is 10.2. The average Bonchev–Trinajstić information content (AvgIpc) is 2.97. The molecule has 0 radical (unpaired) electrons. The number of nitrogens with zero attached hydrogens (tertiary/aromatic N) is 3. The van der Waals surface area contributed by atoms with Gasteiger partial charge in [0.1, 0.15) is 5.56 Å². The number of carboxylic acid groups (broad SMARTS) is 1. The molecule has 0 bridgehead atoms. The molecule has 3 aromatic rings. The van der Waals surface area contributed by atoms with Crippen molar-refractivity contribution in [1.82, 2.24) is 14.3 Å². The maximum atomic E-state index is 11.2. The van der Waals surface area contributed by atoms with Gasteiger partial charge in [-0.3, -0.25) is 4.68 Å². The molecule has 0 unspecified atom stereocenters. The molecular weight excluding hydrogens is 322 g/mol. The van der Waals surface area contributed by atoms with Crippen molar-refractivity contribution in [1.29, 1.82) is 0 Å². The first-order valence-electron chi connectivity index (χ1n) is 6.05. The molecule has 5 nitrogen and oxygen atoms in total. The van der Waals surface area contributed by atoms with Crippen molar-refractivity contribution >= 4 is 32.8 Å². The predicted octanol–water partition coefficient (Wildman–Crippen LogP) is 2.88. The Morgan fingerprint density at radius 2 is 2.20 bits per heavy atom. The Balaban J connectivity index is 2.08. The zero-order valence-electron chi connectivity index (χ0n) is 10.7. The second-order valence-electron chi connectivity index (χ2n) is 4.55. The molecule has 2 heterocycles. The van der Waals surface area contributed by atoms with E-state index in [1.54, 1.807) is 11.7 Å². The first-order valence-corrected chi connectivity index (χ1v) is 6.85. The molecule has 102 valence electrons. The van der Waals surface area contributed by atoms with E-state index in [-0.39, 0.29) is 5.56 Å². The summed E-state index contributed by atoms with van der Waals surface area (Å²) in [5, 5.41) is 14.3. The molecule has 0 atom stereocenters. The van der Waals surface area contributed by atoms with Crippen LogP contribution in [0, 0.1) is 0 Å². The number of aryl methyl sites for hydroxylation is 1.